The SMILES string of the molecule is CCCCCCC(CN)N1CCCC(C)C1C. The number of hydrogen-bond acceptors (Lipinski definition) is 2. The fourth-order valence-electron chi connectivity index (χ4n) is 3.11. The molecule has 3 atom stereocenters. The maximum atomic E-state index is 5.98. The Morgan fingerprint density at radius 1 is 1.24 bits per heavy atom. The lowest BCUT2D eigenvalue weighted by Gasteiger charge is -2.42. The smallest absolute Gasteiger partial charge is 0.0221 e. The third-order valence-corrected chi connectivity index (χ3v) is 4.55. The minimum Gasteiger partial charge on any atom is -0.329 e. The highest BCUT2D eigenvalue weighted by molar-refractivity contribution is 4.84. The van der Waals surface area contributed by atoms with Crippen LogP contribution in [0.25, 0.3) is 0 Å². The average molecular weight is 240 g/mol. The summed E-state index contributed by atoms with van der Waals surface area (Å²) in [6.07, 6.45) is 9.49. The van der Waals surface area contributed by atoms with Crippen molar-refractivity contribution in [3.63, 3.8) is 0 Å². The highest BCUT2D eigenvalue weighted by atomic mass is 15.2. The van der Waals surface area contributed by atoms with Crippen molar-refractivity contribution in [3.8, 4) is 0 Å². The molecule has 3 unspecified atom stereocenters. The van der Waals surface area contributed by atoms with E-state index in [0.717, 1.165) is 18.5 Å². The fourth-order valence-corrected chi connectivity index (χ4v) is 3.11. The van der Waals surface area contributed by atoms with E-state index in [9.17, 15) is 0 Å². The summed E-state index contributed by atoms with van der Waals surface area (Å²) in [5, 5.41) is 0. The molecular weight excluding hydrogens is 208 g/mol. The van der Waals surface area contributed by atoms with Crippen molar-refractivity contribution in [1.82, 2.24) is 4.90 Å². The van der Waals surface area contributed by atoms with E-state index in [4.69, 9.17) is 5.73 Å². The van der Waals surface area contributed by atoms with Crippen molar-refractivity contribution in [2.24, 2.45) is 11.7 Å². The molecule has 0 amide bonds. The van der Waals surface area contributed by atoms with Gasteiger partial charge in [0.2, 0.25) is 0 Å². The van der Waals surface area contributed by atoms with Gasteiger partial charge in [0.05, 0.1) is 0 Å². The van der Waals surface area contributed by atoms with Gasteiger partial charge in [-0.1, -0.05) is 39.5 Å². The van der Waals surface area contributed by atoms with Crippen molar-refractivity contribution in [1.29, 1.82) is 0 Å². The van der Waals surface area contributed by atoms with Crippen molar-refractivity contribution in [3.05, 3.63) is 0 Å². The molecule has 102 valence electrons. The number of nitrogens with two attached hydrogens (primary N) is 1. The fraction of sp³-hybridized carbons (Fsp3) is 1.00. The molecule has 1 fully saturated rings. The number of unbranched alkanes of at least 4 members (excludes halogenated alkanes) is 3. The summed E-state index contributed by atoms with van der Waals surface area (Å²) in [7, 11) is 0. The molecular formula is C15H32N2. The van der Waals surface area contributed by atoms with Crippen molar-refractivity contribution in [2.45, 2.75) is 77.8 Å². The standard InChI is InChI=1S/C15H32N2/c1-4-5-6-7-10-15(12-16)17-11-8-9-13(2)14(17)3/h13-15H,4-12,16H2,1-3H3. The second-order valence-electron chi connectivity index (χ2n) is 5.84. The zero-order valence-corrected chi connectivity index (χ0v) is 12.1. The van der Waals surface area contributed by atoms with Gasteiger partial charge in [0.1, 0.15) is 0 Å². The van der Waals surface area contributed by atoms with Gasteiger partial charge in [-0.15, -0.1) is 0 Å². The molecule has 1 heterocycles. The number of likely N-dealkylation sites (tertiary alicyclic amines) is 1. The van der Waals surface area contributed by atoms with Crippen LogP contribution in [0.15, 0.2) is 0 Å². The van der Waals surface area contributed by atoms with Gasteiger partial charge in [-0.2, -0.15) is 0 Å². The maximum absolute atomic E-state index is 5.98. The first kappa shape index (κ1) is 15.0. The zero-order chi connectivity index (χ0) is 12.7. The van der Waals surface area contributed by atoms with Crippen LogP contribution in [0, 0.1) is 5.92 Å². The van der Waals surface area contributed by atoms with Gasteiger partial charge in [0, 0.05) is 18.6 Å². The number of piperidine rings is 1. The number of rotatable bonds is 7. The quantitative estimate of drug-likeness (QED) is 0.691. The van der Waals surface area contributed by atoms with Crippen LogP contribution in [0.1, 0.15) is 65.7 Å². The summed E-state index contributed by atoms with van der Waals surface area (Å²) >= 11 is 0. The topological polar surface area (TPSA) is 29.3 Å². The van der Waals surface area contributed by atoms with Gasteiger partial charge in [-0.25, -0.2) is 0 Å². The maximum Gasteiger partial charge on any atom is 0.0221 e. The van der Waals surface area contributed by atoms with Crippen LogP contribution < -0.4 is 5.73 Å². The third-order valence-electron chi connectivity index (χ3n) is 4.55. The van der Waals surface area contributed by atoms with Crippen molar-refractivity contribution < 1.29 is 0 Å². The van der Waals surface area contributed by atoms with E-state index < -0.39 is 0 Å². The van der Waals surface area contributed by atoms with Crippen LogP contribution in [-0.4, -0.2) is 30.1 Å². The Balaban J connectivity index is 2.37. The van der Waals surface area contributed by atoms with Gasteiger partial charge in [0.15, 0.2) is 0 Å². The molecule has 2 N–H and O–H groups in total. The van der Waals surface area contributed by atoms with Crippen molar-refractivity contribution in [2.75, 3.05) is 13.1 Å². The van der Waals surface area contributed by atoms with Crippen LogP contribution >= 0.6 is 0 Å². The highest BCUT2D eigenvalue weighted by Gasteiger charge is 2.29. The van der Waals surface area contributed by atoms with Gasteiger partial charge < -0.3 is 5.73 Å². The molecule has 0 radical (unpaired) electrons. The minimum atomic E-state index is 0.629. The Hall–Kier alpha value is -0.0800. The second-order valence-corrected chi connectivity index (χ2v) is 5.84. The molecule has 0 saturated carbocycles. The normalized spacial score (nSPS) is 28.2. The molecule has 0 aromatic heterocycles. The molecule has 1 aliphatic heterocycles. The van der Waals surface area contributed by atoms with Gasteiger partial charge in [-0.05, 0) is 38.6 Å². The Labute approximate surface area is 108 Å². The Kier molecular flexibility index (Phi) is 7.14. The summed E-state index contributed by atoms with van der Waals surface area (Å²) in [5.41, 5.74) is 5.98. The lowest BCUT2D eigenvalue weighted by molar-refractivity contribution is 0.0662. The van der Waals surface area contributed by atoms with Crippen LogP contribution in [0.2, 0.25) is 0 Å². The first-order valence-corrected chi connectivity index (χ1v) is 7.66. The molecule has 17 heavy (non-hydrogen) atoms. The van der Waals surface area contributed by atoms with Crippen LogP contribution in [0.5, 0.6) is 0 Å². The summed E-state index contributed by atoms with van der Waals surface area (Å²) in [5.74, 6) is 0.841. The zero-order valence-electron chi connectivity index (χ0n) is 12.1. The van der Waals surface area contributed by atoms with E-state index in [1.165, 1.54) is 51.5 Å². The van der Waals surface area contributed by atoms with Gasteiger partial charge in [0.25, 0.3) is 0 Å². The minimum absolute atomic E-state index is 0.629. The van der Waals surface area contributed by atoms with Crippen molar-refractivity contribution >= 4 is 0 Å². The summed E-state index contributed by atoms with van der Waals surface area (Å²) in [4.78, 5) is 2.68. The molecule has 0 aliphatic carbocycles. The Morgan fingerprint density at radius 3 is 2.65 bits per heavy atom. The number of nitrogens with zero attached hydrogens (tertiary/aromatic N) is 1. The highest BCUT2D eigenvalue weighted by Crippen LogP contribution is 2.26. The molecule has 0 spiro atoms. The van der Waals surface area contributed by atoms with Crippen LogP contribution in [0.4, 0.5) is 0 Å². The van der Waals surface area contributed by atoms with E-state index in [0.29, 0.717) is 6.04 Å². The molecule has 1 rings (SSSR count). The summed E-state index contributed by atoms with van der Waals surface area (Å²) in [6.45, 7) is 9.15. The molecule has 1 saturated heterocycles. The molecule has 0 aromatic carbocycles. The lowest BCUT2D eigenvalue weighted by Crippen LogP contribution is -2.51. The predicted molar refractivity (Wildman–Crippen MR) is 76.2 cm³/mol. The predicted octanol–water partition coefficient (Wildman–Crippen LogP) is 3.40. The first-order chi connectivity index (χ1) is 8.20. The Morgan fingerprint density at radius 2 is 2.00 bits per heavy atom. The molecule has 1 aliphatic rings. The average Bonchev–Trinajstić information content (AvgIpc) is 2.34. The van der Waals surface area contributed by atoms with E-state index in [-0.39, 0.29) is 0 Å². The Bertz CT molecular complexity index is 193. The van der Waals surface area contributed by atoms with Gasteiger partial charge in [-0.3, -0.25) is 4.90 Å². The van der Waals surface area contributed by atoms with E-state index in [1.807, 2.05) is 0 Å². The van der Waals surface area contributed by atoms with Crippen LogP contribution in [0.3, 0.4) is 0 Å². The van der Waals surface area contributed by atoms with Crippen LogP contribution in [-0.2, 0) is 0 Å². The molecule has 0 bridgehead atoms. The van der Waals surface area contributed by atoms with Gasteiger partial charge >= 0.3 is 0 Å². The lowest BCUT2D eigenvalue weighted by atomic mass is 9.90. The summed E-state index contributed by atoms with van der Waals surface area (Å²) in [6, 6.07) is 1.35. The monoisotopic (exact) mass is 240 g/mol. The largest absolute Gasteiger partial charge is 0.329 e. The first-order valence-electron chi connectivity index (χ1n) is 7.66. The van der Waals surface area contributed by atoms with E-state index in [2.05, 4.69) is 25.7 Å². The second kappa shape index (κ2) is 8.10. The molecule has 2 heteroatoms. The third kappa shape index (κ3) is 4.59. The van der Waals surface area contributed by atoms with E-state index in [1.54, 1.807) is 0 Å². The molecule has 0 aromatic rings. The number of hydrogen-bond donors (Lipinski definition) is 1. The molecule has 2 nitrogen and oxygen atoms in total. The summed E-state index contributed by atoms with van der Waals surface area (Å²) < 4.78 is 0. The van der Waals surface area contributed by atoms with E-state index >= 15 is 0 Å².